The topological polar surface area (TPSA) is 59.0 Å². The molecule has 0 spiro atoms. The summed E-state index contributed by atoms with van der Waals surface area (Å²) in [5, 5.41) is 8.62. The van der Waals surface area contributed by atoms with E-state index in [1.54, 1.807) is 18.2 Å². The van der Waals surface area contributed by atoms with Gasteiger partial charge in [0.25, 0.3) is 0 Å². The van der Waals surface area contributed by atoms with Gasteiger partial charge in [0.15, 0.2) is 0 Å². The van der Waals surface area contributed by atoms with Gasteiger partial charge in [-0.15, -0.1) is 0 Å². The normalized spacial score (nSPS) is 9.86. The first-order valence-electron chi connectivity index (χ1n) is 4.56. The molecule has 0 amide bonds. The Morgan fingerprint density at radius 2 is 2.21 bits per heavy atom. The molecule has 74 valence electrons. The molecule has 1 aromatic rings. The van der Waals surface area contributed by atoms with Gasteiger partial charge in [-0.05, 0) is 24.1 Å². The van der Waals surface area contributed by atoms with Crippen LogP contribution in [0.25, 0.3) is 0 Å². The van der Waals surface area contributed by atoms with Crippen LogP contribution in [0.2, 0.25) is 0 Å². The molecule has 3 nitrogen and oxygen atoms in total. The van der Waals surface area contributed by atoms with E-state index >= 15 is 0 Å². The lowest BCUT2D eigenvalue weighted by molar-refractivity contribution is 0.272. The summed E-state index contributed by atoms with van der Waals surface area (Å²) in [4.78, 5) is 0. The van der Waals surface area contributed by atoms with E-state index < -0.39 is 0 Å². The molecule has 0 aliphatic carbocycles. The molecule has 14 heavy (non-hydrogen) atoms. The van der Waals surface area contributed by atoms with Crippen molar-refractivity contribution in [2.75, 3.05) is 12.3 Å². The van der Waals surface area contributed by atoms with Crippen molar-refractivity contribution >= 4 is 5.69 Å². The average Bonchev–Trinajstić information content (AvgIpc) is 2.15. The molecule has 0 bridgehead atoms. The Morgan fingerprint density at radius 3 is 2.71 bits per heavy atom. The minimum Gasteiger partial charge on any atom is -0.491 e. The van der Waals surface area contributed by atoms with Crippen molar-refractivity contribution in [3.8, 4) is 11.8 Å². The van der Waals surface area contributed by atoms with Crippen molar-refractivity contribution in [1.29, 1.82) is 5.26 Å². The Morgan fingerprint density at radius 1 is 1.50 bits per heavy atom. The Kier molecular flexibility index (Phi) is 3.35. The van der Waals surface area contributed by atoms with E-state index in [4.69, 9.17) is 15.7 Å². The molecule has 3 heteroatoms. The van der Waals surface area contributed by atoms with Crippen molar-refractivity contribution in [3.05, 3.63) is 23.8 Å². The standard InChI is InChI=1S/C11H14N2O/c1-8(2)7-14-11-4-3-9(6-12)5-10(11)13/h3-5,8H,7,13H2,1-2H3. The van der Waals surface area contributed by atoms with Crippen LogP contribution >= 0.6 is 0 Å². The van der Waals surface area contributed by atoms with E-state index in [1.807, 2.05) is 6.07 Å². The van der Waals surface area contributed by atoms with Crippen molar-refractivity contribution in [1.82, 2.24) is 0 Å². The molecule has 0 aromatic heterocycles. The maximum Gasteiger partial charge on any atom is 0.142 e. The summed E-state index contributed by atoms with van der Waals surface area (Å²) in [5.74, 6) is 1.11. The van der Waals surface area contributed by atoms with Gasteiger partial charge in [0.05, 0.1) is 23.9 Å². The van der Waals surface area contributed by atoms with E-state index in [2.05, 4.69) is 13.8 Å². The van der Waals surface area contributed by atoms with Gasteiger partial charge in [0, 0.05) is 0 Å². The number of nitrogens with two attached hydrogens (primary N) is 1. The van der Waals surface area contributed by atoms with E-state index in [0.717, 1.165) is 0 Å². The van der Waals surface area contributed by atoms with Crippen LogP contribution in [0.15, 0.2) is 18.2 Å². The van der Waals surface area contributed by atoms with E-state index in [1.165, 1.54) is 0 Å². The minimum atomic E-state index is 0.463. The molecule has 0 atom stereocenters. The fourth-order valence-electron chi connectivity index (χ4n) is 1.01. The van der Waals surface area contributed by atoms with Gasteiger partial charge < -0.3 is 10.5 Å². The molecule has 0 heterocycles. The summed E-state index contributed by atoms with van der Waals surface area (Å²) in [6, 6.07) is 7.08. The molecule has 0 radical (unpaired) electrons. The average molecular weight is 190 g/mol. The molecule has 1 rings (SSSR count). The number of rotatable bonds is 3. The minimum absolute atomic E-state index is 0.463. The molecule has 0 fully saturated rings. The Bertz CT molecular complexity index is 353. The zero-order valence-corrected chi connectivity index (χ0v) is 8.45. The highest BCUT2D eigenvalue weighted by molar-refractivity contribution is 5.56. The third-order valence-electron chi connectivity index (χ3n) is 1.71. The summed E-state index contributed by atoms with van der Waals surface area (Å²) in [6.45, 7) is 4.77. The maximum absolute atomic E-state index is 8.62. The van der Waals surface area contributed by atoms with E-state index in [0.29, 0.717) is 29.5 Å². The smallest absolute Gasteiger partial charge is 0.142 e. The number of nitrogens with zero attached hydrogens (tertiary/aromatic N) is 1. The highest BCUT2D eigenvalue weighted by atomic mass is 16.5. The molecule has 0 saturated heterocycles. The van der Waals surface area contributed by atoms with Crippen LogP contribution in [-0.4, -0.2) is 6.61 Å². The lowest BCUT2D eigenvalue weighted by atomic mass is 10.2. The number of hydrogen-bond acceptors (Lipinski definition) is 3. The van der Waals surface area contributed by atoms with Crippen LogP contribution in [0.5, 0.6) is 5.75 Å². The molecular formula is C11H14N2O. The number of hydrogen-bond donors (Lipinski definition) is 1. The maximum atomic E-state index is 8.62. The summed E-state index contributed by atoms with van der Waals surface area (Å²) in [6.07, 6.45) is 0. The number of benzene rings is 1. The third-order valence-corrected chi connectivity index (χ3v) is 1.71. The van der Waals surface area contributed by atoms with Crippen LogP contribution in [0.3, 0.4) is 0 Å². The van der Waals surface area contributed by atoms with Crippen molar-refractivity contribution in [2.24, 2.45) is 5.92 Å². The van der Waals surface area contributed by atoms with Gasteiger partial charge in [-0.1, -0.05) is 13.8 Å². The number of anilines is 1. The van der Waals surface area contributed by atoms with Gasteiger partial charge in [-0.25, -0.2) is 0 Å². The molecule has 2 N–H and O–H groups in total. The molecule has 1 aromatic carbocycles. The lowest BCUT2D eigenvalue weighted by Crippen LogP contribution is -2.06. The van der Waals surface area contributed by atoms with E-state index in [-0.39, 0.29) is 0 Å². The van der Waals surface area contributed by atoms with Crippen molar-refractivity contribution in [2.45, 2.75) is 13.8 Å². The summed E-state index contributed by atoms with van der Waals surface area (Å²) in [5.41, 5.74) is 6.78. The largest absolute Gasteiger partial charge is 0.491 e. The summed E-state index contributed by atoms with van der Waals surface area (Å²) < 4.78 is 5.46. The van der Waals surface area contributed by atoms with Gasteiger partial charge in [-0.2, -0.15) is 5.26 Å². The number of nitriles is 1. The quantitative estimate of drug-likeness (QED) is 0.743. The second-order valence-corrected chi connectivity index (χ2v) is 3.57. The number of nitrogen functional groups attached to an aromatic ring is 1. The molecular weight excluding hydrogens is 176 g/mol. The second kappa shape index (κ2) is 4.52. The van der Waals surface area contributed by atoms with Gasteiger partial charge >= 0.3 is 0 Å². The van der Waals surface area contributed by atoms with Gasteiger partial charge in [0.1, 0.15) is 5.75 Å². The predicted molar refractivity (Wildman–Crippen MR) is 55.9 cm³/mol. The summed E-state index contributed by atoms with van der Waals surface area (Å²) >= 11 is 0. The lowest BCUT2D eigenvalue weighted by Gasteiger charge is -2.10. The first-order valence-corrected chi connectivity index (χ1v) is 4.56. The third kappa shape index (κ3) is 2.67. The second-order valence-electron chi connectivity index (χ2n) is 3.57. The molecule has 0 saturated carbocycles. The van der Waals surface area contributed by atoms with Gasteiger partial charge in [-0.3, -0.25) is 0 Å². The highest BCUT2D eigenvalue weighted by Gasteiger charge is 2.02. The molecule has 0 aliphatic rings. The highest BCUT2D eigenvalue weighted by Crippen LogP contribution is 2.22. The Balaban J connectivity index is 2.75. The first-order chi connectivity index (χ1) is 6.63. The Labute approximate surface area is 84.1 Å². The fourth-order valence-corrected chi connectivity index (χ4v) is 1.01. The van der Waals surface area contributed by atoms with Crippen LogP contribution < -0.4 is 10.5 Å². The monoisotopic (exact) mass is 190 g/mol. The van der Waals surface area contributed by atoms with Crippen molar-refractivity contribution < 1.29 is 4.74 Å². The predicted octanol–water partition coefficient (Wildman–Crippen LogP) is 2.18. The zero-order chi connectivity index (χ0) is 10.6. The SMILES string of the molecule is CC(C)COc1ccc(C#N)cc1N. The molecule has 0 aliphatic heterocycles. The molecule has 0 unspecified atom stereocenters. The van der Waals surface area contributed by atoms with E-state index in [9.17, 15) is 0 Å². The van der Waals surface area contributed by atoms with Gasteiger partial charge in [0.2, 0.25) is 0 Å². The Hall–Kier alpha value is -1.69. The summed E-state index contributed by atoms with van der Waals surface area (Å²) in [7, 11) is 0. The van der Waals surface area contributed by atoms with Crippen LogP contribution in [0.1, 0.15) is 19.4 Å². The first kappa shape index (κ1) is 10.4. The number of ether oxygens (including phenoxy) is 1. The zero-order valence-electron chi connectivity index (χ0n) is 8.45. The van der Waals surface area contributed by atoms with Crippen LogP contribution in [0.4, 0.5) is 5.69 Å². The van der Waals surface area contributed by atoms with Crippen molar-refractivity contribution in [3.63, 3.8) is 0 Å². The van der Waals surface area contributed by atoms with Crippen LogP contribution in [-0.2, 0) is 0 Å². The van der Waals surface area contributed by atoms with Crippen LogP contribution in [0, 0.1) is 17.2 Å². The fraction of sp³-hybridized carbons (Fsp3) is 0.364.